The van der Waals surface area contributed by atoms with Gasteiger partial charge in [-0.2, -0.15) is 0 Å². The third-order valence-electron chi connectivity index (χ3n) is 4.46. The summed E-state index contributed by atoms with van der Waals surface area (Å²) in [6.45, 7) is 9.84. The van der Waals surface area contributed by atoms with Crippen LogP contribution in [0.25, 0.3) is 0 Å². The van der Waals surface area contributed by atoms with Crippen LogP contribution in [-0.2, 0) is 6.42 Å². The number of hydrogen-bond donors (Lipinski definition) is 1. The van der Waals surface area contributed by atoms with Crippen LogP contribution < -0.4 is 15.0 Å². The van der Waals surface area contributed by atoms with Crippen molar-refractivity contribution < 1.29 is 4.74 Å². The Labute approximate surface area is 128 Å². The molecule has 3 heteroatoms. The van der Waals surface area contributed by atoms with Crippen LogP contribution in [0, 0.1) is 0 Å². The van der Waals surface area contributed by atoms with Crippen LogP contribution in [0.1, 0.15) is 45.6 Å². The third kappa shape index (κ3) is 3.34. The second-order valence-electron chi connectivity index (χ2n) is 7.08. The Morgan fingerprint density at radius 3 is 2.95 bits per heavy atom. The number of rotatable bonds is 4. The molecule has 1 unspecified atom stereocenters. The predicted octanol–water partition coefficient (Wildman–Crippen LogP) is 3.37. The van der Waals surface area contributed by atoms with E-state index in [9.17, 15) is 0 Å². The molecule has 0 aromatic heterocycles. The molecule has 1 N–H and O–H groups in total. The highest BCUT2D eigenvalue weighted by Crippen LogP contribution is 2.38. The third-order valence-corrected chi connectivity index (χ3v) is 4.46. The molecule has 116 valence electrons. The second-order valence-corrected chi connectivity index (χ2v) is 7.08. The van der Waals surface area contributed by atoms with Crippen molar-refractivity contribution in [3.63, 3.8) is 0 Å². The van der Waals surface area contributed by atoms with Crippen molar-refractivity contribution in [2.45, 2.75) is 58.1 Å². The average molecular weight is 288 g/mol. The lowest BCUT2D eigenvalue weighted by molar-refractivity contribution is 0.105. The maximum Gasteiger partial charge on any atom is 0.143 e. The van der Waals surface area contributed by atoms with Crippen LogP contribution in [0.5, 0.6) is 5.75 Å². The smallest absolute Gasteiger partial charge is 0.143 e. The van der Waals surface area contributed by atoms with Gasteiger partial charge in [-0.05, 0) is 63.8 Å². The number of nitrogens with zero attached hydrogens (tertiary/aromatic N) is 1. The molecule has 21 heavy (non-hydrogen) atoms. The van der Waals surface area contributed by atoms with Crippen LogP contribution in [0.15, 0.2) is 18.2 Å². The van der Waals surface area contributed by atoms with Gasteiger partial charge in [-0.1, -0.05) is 13.0 Å². The van der Waals surface area contributed by atoms with Gasteiger partial charge in [0.15, 0.2) is 0 Å². The van der Waals surface area contributed by atoms with Crippen molar-refractivity contribution in [2.24, 2.45) is 0 Å². The molecule has 2 aliphatic rings. The standard InChI is InChI=1S/C18H28N2O/c1-4-10-20-13-18(2,3)21-17-8-7-14(12-16(17)20)11-15-6-5-9-19-15/h7-8,12,15,19H,4-6,9-11,13H2,1-3H3. The Morgan fingerprint density at radius 1 is 1.38 bits per heavy atom. The lowest BCUT2D eigenvalue weighted by Crippen LogP contribution is -2.47. The van der Waals surface area contributed by atoms with E-state index >= 15 is 0 Å². The van der Waals surface area contributed by atoms with Crippen molar-refractivity contribution in [3.05, 3.63) is 23.8 Å². The first-order chi connectivity index (χ1) is 10.1. The van der Waals surface area contributed by atoms with Gasteiger partial charge in [0.25, 0.3) is 0 Å². The van der Waals surface area contributed by atoms with E-state index in [1.165, 1.54) is 37.1 Å². The fourth-order valence-corrected chi connectivity index (χ4v) is 3.58. The van der Waals surface area contributed by atoms with Gasteiger partial charge in [0.1, 0.15) is 11.4 Å². The fraction of sp³-hybridized carbons (Fsp3) is 0.667. The molecule has 1 saturated heterocycles. The Bertz CT molecular complexity index is 492. The first-order valence-electron chi connectivity index (χ1n) is 8.38. The van der Waals surface area contributed by atoms with E-state index in [0.717, 1.165) is 25.3 Å². The monoisotopic (exact) mass is 288 g/mol. The molecule has 2 aliphatic heterocycles. The van der Waals surface area contributed by atoms with E-state index in [2.05, 4.69) is 49.2 Å². The number of fused-ring (bicyclic) bond motifs is 1. The molecule has 2 heterocycles. The summed E-state index contributed by atoms with van der Waals surface area (Å²) in [7, 11) is 0. The number of ether oxygens (including phenoxy) is 1. The van der Waals surface area contributed by atoms with Crippen molar-refractivity contribution in [1.29, 1.82) is 0 Å². The van der Waals surface area contributed by atoms with Crippen molar-refractivity contribution in [2.75, 3.05) is 24.5 Å². The van der Waals surface area contributed by atoms with Gasteiger partial charge < -0.3 is 15.0 Å². The molecule has 0 saturated carbocycles. The lowest BCUT2D eigenvalue weighted by atomic mass is 10.0. The molecule has 3 nitrogen and oxygen atoms in total. The van der Waals surface area contributed by atoms with Gasteiger partial charge in [-0.15, -0.1) is 0 Å². The summed E-state index contributed by atoms with van der Waals surface area (Å²) in [6.07, 6.45) is 4.93. The molecule has 0 aliphatic carbocycles. The summed E-state index contributed by atoms with van der Waals surface area (Å²) in [5.74, 6) is 1.04. The highest BCUT2D eigenvalue weighted by Gasteiger charge is 2.31. The zero-order chi connectivity index (χ0) is 14.9. The van der Waals surface area contributed by atoms with Crippen LogP contribution in [-0.4, -0.2) is 31.3 Å². The molecule has 1 fully saturated rings. The Balaban J connectivity index is 1.83. The van der Waals surface area contributed by atoms with Crippen LogP contribution in [0.4, 0.5) is 5.69 Å². The van der Waals surface area contributed by atoms with Crippen LogP contribution in [0.2, 0.25) is 0 Å². The van der Waals surface area contributed by atoms with E-state index in [1.807, 2.05) is 0 Å². The first kappa shape index (κ1) is 14.7. The normalized spacial score (nSPS) is 23.8. The quantitative estimate of drug-likeness (QED) is 0.919. The topological polar surface area (TPSA) is 24.5 Å². The van der Waals surface area contributed by atoms with Crippen molar-refractivity contribution >= 4 is 5.69 Å². The predicted molar refractivity (Wildman–Crippen MR) is 88.4 cm³/mol. The summed E-state index contributed by atoms with van der Waals surface area (Å²) < 4.78 is 6.16. The molecule has 0 radical (unpaired) electrons. The van der Waals surface area contributed by atoms with Crippen LogP contribution >= 0.6 is 0 Å². The second kappa shape index (κ2) is 5.88. The number of hydrogen-bond acceptors (Lipinski definition) is 3. The maximum atomic E-state index is 6.16. The van der Waals surface area contributed by atoms with Crippen molar-refractivity contribution in [1.82, 2.24) is 5.32 Å². The van der Waals surface area contributed by atoms with Gasteiger partial charge in [0.2, 0.25) is 0 Å². The van der Waals surface area contributed by atoms with E-state index in [-0.39, 0.29) is 5.60 Å². The zero-order valence-corrected chi connectivity index (χ0v) is 13.6. The van der Waals surface area contributed by atoms with Gasteiger partial charge in [0, 0.05) is 12.6 Å². The zero-order valence-electron chi connectivity index (χ0n) is 13.6. The fourth-order valence-electron chi connectivity index (χ4n) is 3.58. The molecule has 3 rings (SSSR count). The van der Waals surface area contributed by atoms with Gasteiger partial charge in [0.05, 0.1) is 12.2 Å². The minimum Gasteiger partial charge on any atom is -0.484 e. The summed E-state index contributed by atoms with van der Waals surface area (Å²) in [5.41, 5.74) is 2.61. The minimum absolute atomic E-state index is 0.101. The average Bonchev–Trinajstić information content (AvgIpc) is 2.92. The lowest BCUT2D eigenvalue weighted by Gasteiger charge is -2.41. The van der Waals surface area contributed by atoms with Gasteiger partial charge in [-0.25, -0.2) is 0 Å². The Morgan fingerprint density at radius 2 is 2.24 bits per heavy atom. The number of anilines is 1. The van der Waals surface area contributed by atoms with E-state index < -0.39 is 0 Å². The summed E-state index contributed by atoms with van der Waals surface area (Å²) in [5, 5.41) is 3.59. The highest BCUT2D eigenvalue weighted by atomic mass is 16.5. The van der Waals surface area contributed by atoms with E-state index in [0.29, 0.717) is 6.04 Å². The Hall–Kier alpha value is -1.22. The molecule has 0 amide bonds. The molecule has 1 atom stereocenters. The molecular weight excluding hydrogens is 260 g/mol. The largest absolute Gasteiger partial charge is 0.484 e. The molecule has 0 bridgehead atoms. The molecule has 1 aromatic carbocycles. The molecule has 0 spiro atoms. The SMILES string of the molecule is CCCN1CC(C)(C)Oc2ccc(CC3CCCN3)cc21. The van der Waals surface area contributed by atoms with Gasteiger partial charge in [-0.3, -0.25) is 0 Å². The van der Waals surface area contributed by atoms with E-state index in [4.69, 9.17) is 4.74 Å². The molecule has 1 aromatic rings. The Kier molecular flexibility index (Phi) is 4.12. The van der Waals surface area contributed by atoms with Crippen LogP contribution in [0.3, 0.4) is 0 Å². The van der Waals surface area contributed by atoms with Gasteiger partial charge >= 0.3 is 0 Å². The first-order valence-corrected chi connectivity index (χ1v) is 8.38. The summed E-state index contributed by atoms with van der Waals surface area (Å²) in [4.78, 5) is 2.49. The maximum absolute atomic E-state index is 6.16. The number of benzene rings is 1. The minimum atomic E-state index is -0.101. The summed E-state index contributed by atoms with van der Waals surface area (Å²) >= 11 is 0. The highest BCUT2D eigenvalue weighted by molar-refractivity contribution is 5.62. The van der Waals surface area contributed by atoms with Crippen molar-refractivity contribution in [3.8, 4) is 5.75 Å². The molecular formula is C18H28N2O. The van der Waals surface area contributed by atoms with E-state index in [1.54, 1.807) is 0 Å². The number of nitrogens with one attached hydrogen (secondary N) is 1. The summed E-state index contributed by atoms with van der Waals surface area (Å²) in [6, 6.07) is 7.41.